The van der Waals surface area contributed by atoms with Crippen LogP contribution in [0, 0.1) is 19.3 Å². The first-order valence-electron chi connectivity index (χ1n) is 11.0. The fourth-order valence-electron chi connectivity index (χ4n) is 3.82. The van der Waals surface area contributed by atoms with E-state index in [4.69, 9.17) is 0 Å². The summed E-state index contributed by atoms with van der Waals surface area (Å²) in [5.41, 5.74) is 7.85. The topological polar surface area (TPSA) is 37.3 Å². The third-order valence-electron chi connectivity index (χ3n) is 6.51. The van der Waals surface area contributed by atoms with E-state index >= 15 is 0 Å². The molecule has 0 heterocycles. The Hall–Kier alpha value is -3.13. The maximum atomic E-state index is 11.6. The Morgan fingerprint density at radius 3 is 2.32 bits per heavy atom. The maximum absolute atomic E-state index is 11.6. The van der Waals surface area contributed by atoms with Crippen molar-refractivity contribution in [3.8, 4) is 11.1 Å². The molecule has 1 N–H and O–H groups in total. The Labute approximate surface area is 186 Å². The highest BCUT2D eigenvalue weighted by atomic mass is 16.4. The Kier molecular flexibility index (Phi) is 7.12. The fourth-order valence-corrected chi connectivity index (χ4v) is 3.82. The van der Waals surface area contributed by atoms with Crippen LogP contribution in [-0.2, 0) is 11.2 Å². The molecule has 31 heavy (non-hydrogen) atoms. The number of aryl methyl sites for hydroxylation is 2. The van der Waals surface area contributed by atoms with Crippen LogP contribution in [0.2, 0.25) is 0 Å². The molecule has 3 aromatic rings. The molecule has 0 aliphatic carbocycles. The molecule has 2 nitrogen and oxygen atoms in total. The predicted octanol–water partition coefficient (Wildman–Crippen LogP) is 7.57. The van der Waals surface area contributed by atoms with Crippen LogP contribution in [0.25, 0.3) is 23.3 Å². The van der Waals surface area contributed by atoms with Gasteiger partial charge in [-0.05, 0) is 79.0 Å². The molecule has 0 amide bonds. The second kappa shape index (κ2) is 9.78. The molecule has 0 spiro atoms. The zero-order chi connectivity index (χ0) is 22.4. The molecule has 3 rings (SSSR count). The van der Waals surface area contributed by atoms with E-state index in [1.54, 1.807) is 0 Å². The van der Waals surface area contributed by atoms with Gasteiger partial charge in [-0.15, -0.1) is 0 Å². The lowest BCUT2D eigenvalue weighted by Gasteiger charge is -2.22. The normalized spacial score (nSPS) is 13.3. The van der Waals surface area contributed by atoms with Crippen molar-refractivity contribution < 1.29 is 9.90 Å². The van der Waals surface area contributed by atoms with E-state index in [1.165, 1.54) is 38.9 Å². The van der Waals surface area contributed by atoms with Crippen LogP contribution in [0.1, 0.15) is 54.5 Å². The molecular weight excluding hydrogens is 380 g/mol. The molecule has 0 aliphatic heterocycles. The molecule has 0 bridgehead atoms. The Morgan fingerprint density at radius 1 is 0.935 bits per heavy atom. The minimum Gasteiger partial charge on any atom is -0.481 e. The Balaban J connectivity index is 1.83. The van der Waals surface area contributed by atoms with E-state index in [0.717, 1.165) is 6.42 Å². The summed E-state index contributed by atoms with van der Waals surface area (Å²) >= 11 is 0. The SMILES string of the molecule is CCC(C)(CCc1ccc(C)c(C=Cc2cccc(-c3ccccc3)c2C)c1)C(=O)O. The van der Waals surface area contributed by atoms with Crippen molar-refractivity contribution in [1.29, 1.82) is 0 Å². The lowest BCUT2D eigenvalue weighted by Crippen LogP contribution is -2.27. The highest BCUT2D eigenvalue weighted by molar-refractivity contribution is 5.78. The van der Waals surface area contributed by atoms with Crippen LogP contribution in [0.15, 0.2) is 66.7 Å². The predicted molar refractivity (Wildman–Crippen MR) is 131 cm³/mol. The minimum atomic E-state index is -0.712. The molecule has 0 fully saturated rings. The van der Waals surface area contributed by atoms with Crippen molar-refractivity contribution in [2.45, 2.75) is 47.0 Å². The zero-order valence-electron chi connectivity index (χ0n) is 19.0. The van der Waals surface area contributed by atoms with Crippen molar-refractivity contribution in [3.63, 3.8) is 0 Å². The van der Waals surface area contributed by atoms with Gasteiger partial charge in [0.25, 0.3) is 0 Å². The number of carboxylic acid groups (broad SMARTS) is 1. The molecule has 3 aromatic carbocycles. The van der Waals surface area contributed by atoms with Crippen LogP contribution < -0.4 is 0 Å². The van der Waals surface area contributed by atoms with Crippen molar-refractivity contribution >= 4 is 18.1 Å². The number of hydrogen-bond donors (Lipinski definition) is 1. The monoisotopic (exact) mass is 412 g/mol. The summed E-state index contributed by atoms with van der Waals surface area (Å²) in [6.45, 7) is 8.07. The second-order valence-corrected chi connectivity index (χ2v) is 8.63. The van der Waals surface area contributed by atoms with Crippen molar-refractivity contribution in [2.75, 3.05) is 0 Å². The standard InChI is InChI=1S/C29H32O2/c1-5-29(4,28(30)31)19-18-23-15-14-21(2)26(20-23)17-16-24-12-9-13-27(22(24)3)25-10-7-6-8-11-25/h6-17,20H,5,18-19H2,1-4H3,(H,30,31). The lowest BCUT2D eigenvalue weighted by atomic mass is 9.81. The first-order valence-corrected chi connectivity index (χ1v) is 11.0. The Morgan fingerprint density at radius 2 is 1.65 bits per heavy atom. The van der Waals surface area contributed by atoms with E-state index in [9.17, 15) is 9.90 Å². The quantitative estimate of drug-likeness (QED) is 0.387. The molecule has 1 atom stereocenters. The summed E-state index contributed by atoms with van der Waals surface area (Å²) in [4.78, 5) is 11.6. The smallest absolute Gasteiger partial charge is 0.309 e. The highest BCUT2D eigenvalue weighted by Gasteiger charge is 2.30. The van der Waals surface area contributed by atoms with Gasteiger partial charge in [0.1, 0.15) is 0 Å². The molecule has 1 unspecified atom stereocenters. The molecule has 0 aromatic heterocycles. The number of hydrogen-bond acceptors (Lipinski definition) is 1. The summed E-state index contributed by atoms with van der Waals surface area (Å²) in [5.74, 6) is -0.712. The summed E-state index contributed by atoms with van der Waals surface area (Å²) in [5, 5.41) is 9.54. The number of benzene rings is 3. The lowest BCUT2D eigenvalue weighted by molar-refractivity contribution is -0.148. The molecule has 0 radical (unpaired) electrons. The molecule has 0 aliphatic rings. The van der Waals surface area contributed by atoms with E-state index in [-0.39, 0.29) is 0 Å². The third-order valence-corrected chi connectivity index (χ3v) is 6.51. The van der Waals surface area contributed by atoms with Crippen LogP contribution in [0.3, 0.4) is 0 Å². The van der Waals surface area contributed by atoms with Crippen LogP contribution in [0.5, 0.6) is 0 Å². The van der Waals surface area contributed by atoms with Gasteiger partial charge in [-0.1, -0.05) is 85.8 Å². The van der Waals surface area contributed by atoms with Crippen molar-refractivity contribution in [1.82, 2.24) is 0 Å². The van der Waals surface area contributed by atoms with Gasteiger partial charge in [0.05, 0.1) is 5.41 Å². The summed E-state index contributed by atoms with van der Waals surface area (Å²) < 4.78 is 0. The van der Waals surface area contributed by atoms with Crippen molar-refractivity contribution in [2.24, 2.45) is 5.41 Å². The molecule has 0 saturated heterocycles. The van der Waals surface area contributed by atoms with Gasteiger partial charge < -0.3 is 5.11 Å². The Bertz CT molecular complexity index is 1080. The molecular formula is C29H32O2. The molecule has 2 heteroatoms. The number of aliphatic carboxylic acids is 1. The first-order chi connectivity index (χ1) is 14.8. The number of rotatable bonds is 8. The van der Waals surface area contributed by atoms with E-state index in [1.807, 2.05) is 19.9 Å². The number of carbonyl (C=O) groups is 1. The molecule has 160 valence electrons. The van der Waals surface area contributed by atoms with Crippen LogP contribution in [-0.4, -0.2) is 11.1 Å². The van der Waals surface area contributed by atoms with Gasteiger partial charge in [0.2, 0.25) is 0 Å². The summed E-state index contributed by atoms with van der Waals surface area (Å²) in [6.07, 6.45) is 6.40. The average Bonchev–Trinajstić information content (AvgIpc) is 2.78. The van der Waals surface area contributed by atoms with Crippen LogP contribution in [0.4, 0.5) is 0 Å². The summed E-state index contributed by atoms with van der Waals surface area (Å²) in [6, 6.07) is 23.3. The van der Waals surface area contributed by atoms with Gasteiger partial charge in [-0.25, -0.2) is 0 Å². The van der Waals surface area contributed by atoms with Gasteiger partial charge in [0.15, 0.2) is 0 Å². The number of carboxylic acids is 1. The minimum absolute atomic E-state index is 0.637. The molecule has 0 saturated carbocycles. The van der Waals surface area contributed by atoms with Gasteiger partial charge in [-0.3, -0.25) is 4.79 Å². The maximum Gasteiger partial charge on any atom is 0.309 e. The second-order valence-electron chi connectivity index (χ2n) is 8.63. The van der Waals surface area contributed by atoms with Crippen molar-refractivity contribution in [3.05, 3.63) is 94.5 Å². The highest BCUT2D eigenvalue weighted by Crippen LogP contribution is 2.29. The van der Waals surface area contributed by atoms with Gasteiger partial charge in [-0.2, -0.15) is 0 Å². The van der Waals surface area contributed by atoms with E-state index < -0.39 is 11.4 Å². The summed E-state index contributed by atoms with van der Waals surface area (Å²) in [7, 11) is 0. The van der Waals surface area contributed by atoms with Crippen LogP contribution >= 0.6 is 0 Å². The van der Waals surface area contributed by atoms with E-state index in [0.29, 0.717) is 12.8 Å². The van der Waals surface area contributed by atoms with Gasteiger partial charge in [0, 0.05) is 0 Å². The first kappa shape index (κ1) is 22.6. The zero-order valence-corrected chi connectivity index (χ0v) is 19.0. The largest absolute Gasteiger partial charge is 0.481 e. The average molecular weight is 413 g/mol. The third kappa shape index (κ3) is 5.32. The van der Waals surface area contributed by atoms with Gasteiger partial charge >= 0.3 is 5.97 Å². The van der Waals surface area contributed by atoms with E-state index in [2.05, 4.69) is 86.7 Å². The fraction of sp³-hybridized carbons (Fsp3) is 0.276.